The van der Waals surface area contributed by atoms with Gasteiger partial charge >= 0.3 is 0 Å². The topological polar surface area (TPSA) is 51.0 Å². The molecule has 0 bridgehead atoms. The van der Waals surface area contributed by atoms with Gasteiger partial charge in [-0.25, -0.2) is 0 Å². The standard InChI is InChI=1S/C17H27N3O2/c1-13(2)16-12-20(7-6-19-8-10-21-11-9-19)17-14(18)4-3-5-15(17)22-16/h3-5,13,16H,6-12,18H2,1-2H3. The maximum atomic E-state index is 6.21. The summed E-state index contributed by atoms with van der Waals surface area (Å²) in [5.41, 5.74) is 8.08. The molecule has 1 atom stereocenters. The first kappa shape index (κ1) is 15.4. The number of ether oxygens (including phenoxy) is 2. The average Bonchev–Trinajstić information content (AvgIpc) is 2.53. The van der Waals surface area contributed by atoms with Crippen LogP contribution in [0, 0.1) is 5.92 Å². The average molecular weight is 305 g/mol. The predicted octanol–water partition coefficient (Wildman–Crippen LogP) is 1.82. The Kier molecular flexibility index (Phi) is 4.74. The van der Waals surface area contributed by atoms with Crippen molar-refractivity contribution in [1.29, 1.82) is 0 Å². The van der Waals surface area contributed by atoms with Crippen molar-refractivity contribution in [2.75, 3.05) is 56.6 Å². The first-order chi connectivity index (χ1) is 10.6. The van der Waals surface area contributed by atoms with Crippen LogP contribution in [-0.4, -0.2) is 56.9 Å². The lowest BCUT2D eigenvalue weighted by atomic mass is 10.0. The van der Waals surface area contributed by atoms with Gasteiger partial charge in [-0.3, -0.25) is 4.90 Å². The lowest BCUT2D eigenvalue weighted by Gasteiger charge is -2.39. The Labute approximate surface area is 133 Å². The lowest BCUT2D eigenvalue weighted by Crippen LogP contribution is -2.47. The SMILES string of the molecule is CC(C)C1CN(CCN2CCOCC2)c2c(N)cccc2O1. The summed E-state index contributed by atoms with van der Waals surface area (Å²) in [6.45, 7) is 11.1. The molecule has 22 heavy (non-hydrogen) atoms. The summed E-state index contributed by atoms with van der Waals surface area (Å²) in [5.74, 6) is 1.41. The molecule has 0 aliphatic carbocycles. The second-order valence-corrected chi connectivity index (χ2v) is 6.49. The first-order valence-corrected chi connectivity index (χ1v) is 8.25. The molecule has 1 aromatic carbocycles. The third-order valence-electron chi connectivity index (χ3n) is 4.56. The van der Waals surface area contributed by atoms with E-state index in [0.717, 1.165) is 63.1 Å². The van der Waals surface area contributed by atoms with Crippen molar-refractivity contribution in [3.63, 3.8) is 0 Å². The Morgan fingerprint density at radius 3 is 2.73 bits per heavy atom. The van der Waals surface area contributed by atoms with Gasteiger partial charge in [-0.2, -0.15) is 0 Å². The first-order valence-electron chi connectivity index (χ1n) is 8.25. The molecule has 0 aromatic heterocycles. The van der Waals surface area contributed by atoms with Gasteiger partial charge in [0.05, 0.1) is 25.4 Å². The van der Waals surface area contributed by atoms with Crippen molar-refractivity contribution < 1.29 is 9.47 Å². The van der Waals surface area contributed by atoms with E-state index in [1.165, 1.54) is 0 Å². The van der Waals surface area contributed by atoms with Crippen molar-refractivity contribution >= 4 is 11.4 Å². The normalized spacial score (nSPS) is 22.5. The highest BCUT2D eigenvalue weighted by Crippen LogP contribution is 2.39. The molecule has 0 amide bonds. The molecule has 0 radical (unpaired) electrons. The highest BCUT2D eigenvalue weighted by Gasteiger charge is 2.29. The van der Waals surface area contributed by atoms with E-state index in [1.807, 2.05) is 18.2 Å². The summed E-state index contributed by atoms with van der Waals surface area (Å²) < 4.78 is 11.6. The molecule has 1 aromatic rings. The van der Waals surface area contributed by atoms with Crippen LogP contribution in [-0.2, 0) is 4.74 Å². The molecule has 122 valence electrons. The monoisotopic (exact) mass is 305 g/mol. The van der Waals surface area contributed by atoms with E-state index in [-0.39, 0.29) is 6.10 Å². The van der Waals surface area contributed by atoms with Crippen molar-refractivity contribution in [3.05, 3.63) is 18.2 Å². The molecule has 1 unspecified atom stereocenters. The fraction of sp³-hybridized carbons (Fsp3) is 0.647. The molecular weight excluding hydrogens is 278 g/mol. The lowest BCUT2D eigenvalue weighted by molar-refractivity contribution is 0.0386. The molecule has 1 saturated heterocycles. The Bertz CT molecular complexity index is 501. The molecule has 5 nitrogen and oxygen atoms in total. The molecule has 0 saturated carbocycles. The van der Waals surface area contributed by atoms with Crippen LogP contribution in [0.25, 0.3) is 0 Å². The number of morpholine rings is 1. The van der Waals surface area contributed by atoms with E-state index < -0.39 is 0 Å². The van der Waals surface area contributed by atoms with Gasteiger partial charge in [0.1, 0.15) is 17.5 Å². The Morgan fingerprint density at radius 1 is 1.23 bits per heavy atom. The second kappa shape index (κ2) is 6.75. The maximum Gasteiger partial charge on any atom is 0.145 e. The largest absolute Gasteiger partial charge is 0.486 e. The van der Waals surface area contributed by atoms with Crippen LogP contribution >= 0.6 is 0 Å². The number of fused-ring (bicyclic) bond motifs is 1. The van der Waals surface area contributed by atoms with Gasteiger partial charge in [-0.1, -0.05) is 19.9 Å². The van der Waals surface area contributed by atoms with Gasteiger partial charge in [0, 0.05) is 26.2 Å². The van der Waals surface area contributed by atoms with Crippen LogP contribution in [0.1, 0.15) is 13.8 Å². The summed E-state index contributed by atoms with van der Waals surface area (Å²) in [6.07, 6.45) is 0.221. The molecule has 0 spiro atoms. The van der Waals surface area contributed by atoms with Crippen LogP contribution in [0.15, 0.2) is 18.2 Å². The van der Waals surface area contributed by atoms with Crippen LogP contribution in [0.5, 0.6) is 5.75 Å². The van der Waals surface area contributed by atoms with Crippen LogP contribution in [0.3, 0.4) is 0 Å². The molecule has 2 aliphatic rings. The van der Waals surface area contributed by atoms with Crippen LogP contribution in [0.2, 0.25) is 0 Å². The minimum Gasteiger partial charge on any atom is -0.486 e. The van der Waals surface area contributed by atoms with E-state index in [9.17, 15) is 0 Å². The number of para-hydroxylation sites is 1. The summed E-state index contributed by atoms with van der Waals surface area (Å²) in [6, 6.07) is 5.96. The number of hydrogen-bond acceptors (Lipinski definition) is 5. The predicted molar refractivity (Wildman–Crippen MR) is 89.6 cm³/mol. The summed E-state index contributed by atoms with van der Waals surface area (Å²) in [5, 5.41) is 0. The number of nitrogens with two attached hydrogens (primary N) is 1. The van der Waals surface area contributed by atoms with Gasteiger partial charge in [0.25, 0.3) is 0 Å². The number of benzene rings is 1. The Balaban J connectivity index is 1.73. The Morgan fingerprint density at radius 2 is 2.00 bits per heavy atom. The highest BCUT2D eigenvalue weighted by molar-refractivity contribution is 5.75. The zero-order valence-electron chi connectivity index (χ0n) is 13.6. The molecule has 5 heteroatoms. The van der Waals surface area contributed by atoms with Crippen molar-refractivity contribution in [3.8, 4) is 5.75 Å². The van der Waals surface area contributed by atoms with Crippen LogP contribution < -0.4 is 15.4 Å². The number of nitrogen functional groups attached to an aromatic ring is 1. The van der Waals surface area contributed by atoms with Gasteiger partial charge in [0.15, 0.2) is 0 Å². The van der Waals surface area contributed by atoms with E-state index in [0.29, 0.717) is 5.92 Å². The van der Waals surface area contributed by atoms with Crippen LogP contribution in [0.4, 0.5) is 11.4 Å². The molecule has 1 fully saturated rings. The fourth-order valence-electron chi connectivity index (χ4n) is 3.12. The zero-order valence-corrected chi connectivity index (χ0v) is 13.6. The minimum absolute atomic E-state index is 0.221. The van der Waals surface area contributed by atoms with Gasteiger partial charge in [-0.15, -0.1) is 0 Å². The number of rotatable bonds is 4. The van der Waals surface area contributed by atoms with E-state index in [4.69, 9.17) is 15.2 Å². The minimum atomic E-state index is 0.221. The number of hydrogen-bond donors (Lipinski definition) is 1. The van der Waals surface area contributed by atoms with Gasteiger partial charge in [-0.05, 0) is 18.1 Å². The molecular formula is C17H27N3O2. The summed E-state index contributed by atoms with van der Waals surface area (Å²) >= 11 is 0. The Hall–Kier alpha value is -1.46. The van der Waals surface area contributed by atoms with Crippen molar-refractivity contribution in [1.82, 2.24) is 4.90 Å². The molecule has 2 aliphatic heterocycles. The van der Waals surface area contributed by atoms with Gasteiger partial charge in [0.2, 0.25) is 0 Å². The number of anilines is 2. The summed E-state index contributed by atoms with van der Waals surface area (Å²) in [7, 11) is 0. The smallest absolute Gasteiger partial charge is 0.145 e. The maximum absolute atomic E-state index is 6.21. The van der Waals surface area contributed by atoms with E-state index in [2.05, 4.69) is 23.6 Å². The third kappa shape index (κ3) is 3.31. The van der Waals surface area contributed by atoms with E-state index >= 15 is 0 Å². The molecule has 2 heterocycles. The highest BCUT2D eigenvalue weighted by atomic mass is 16.5. The zero-order chi connectivity index (χ0) is 15.5. The fourth-order valence-corrected chi connectivity index (χ4v) is 3.12. The van der Waals surface area contributed by atoms with E-state index in [1.54, 1.807) is 0 Å². The van der Waals surface area contributed by atoms with Gasteiger partial charge < -0.3 is 20.1 Å². The second-order valence-electron chi connectivity index (χ2n) is 6.49. The number of nitrogens with zero attached hydrogens (tertiary/aromatic N) is 2. The summed E-state index contributed by atoms with van der Waals surface area (Å²) in [4.78, 5) is 4.86. The molecule has 2 N–H and O–H groups in total. The van der Waals surface area contributed by atoms with Crippen molar-refractivity contribution in [2.24, 2.45) is 5.92 Å². The van der Waals surface area contributed by atoms with Crippen molar-refractivity contribution in [2.45, 2.75) is 20.0 Å². The third-order valence-corrected chi connectivity index (χ3v) is 4.56. The quantitative estimate of drug-likeness (QED) is 0.860. The molecule has 3 rings (SSSR count).